The molecule has 0 aromatic carbocycles. The molecule has 2 aromatic rings. The van der Waals surface area contributed by atoms with Crippen molar-refractivity contribution in [2.24, 2.45) is 0 Å². The van der Waals surface area contributed by atoms with Gasteiger partial charge in [-0.05, 0) is 32.3 Å². The molecule has 0 bridgehead atoms. The van der Waals surface area contributed by atoms with E-state index in [1.807, 2.05) is 6.92 Å². The molecule has 4 rings (SSSR count). The Bertz CT molecular complexity index is 804. The first kappa shape index (κ1) is 16.1. The summed E-state index contributed by atoms with van der Waals surface area (Å²) in [6.07, 6.45) is 3.68. The zero-order chi connectivity index (χ0) is 17.4. The first-order valence-corrected chi connectivity index (χ1v) is 8.76. The molecule has 6 nitrogen and oxygen atoms in total. The number of halogens is 1. The second-order valence-corrected chi connectivity index (χ2v) is 6.64. The lowest BCUT2D eigenvalue weighted by Gasteiger charge is -2.19. The third-order valence-electron chi connectivity index (χ3n) is 4.92. The second kappa shape index (κ2) is 6.46. The summed E-state index contributed by atoms with van der Waals surface area (Å²) >= 11 is 0. The van der Waals surface area contributed by atoms with Crippen molar-refractivity contribution in [1.82, 2.24) is 19.4 Å². The van der Waals surface area contributed by atoms with Crippen molar-refractivity contribution in [3.63, 3.8) is 0 Å². The van der Waals surface area contributed by atoms with Crippen molar-refractivity contribution in [2.75, 3.05) is 13.1 Å². The zero-order valence-corrected chi connectivity index (χ0v) is 14.2. The molecule has 0 spiro atoms. The minimum atomic E-state index is -0.566. The molecule has 1 saturated heterocycles. The van der Waals surface area contributed by atoms with Crippen LogP contribution in [0.15, 0.2) is 18.2 Å². The van der Waals surface area contributed by atoms with Crippen molar-refractivity contribution in [3.05, 3.63) is 41.4 Å². The van der Waals surface area contributed by atoms with E-state index in [0.717, 1.165) is 37.3 Å². The predicted molar refractivity (Wildman–Crippen MR) is 89.0 cm³/mol. The zero-order valence-electron chi connectivity index (χ0n) is 14.2. The molecule has 7 heteroatoms. The molecule has 0 saturated carbocycles. The Morgan fingerprint density at radius 3 is 3.00 bits per heavy atom. The Morgan fingerprint density at radius 2 is 2.16 bits per heavy atom. The normalized spacial score (nSPS) is 19.8. The molecule has 1 atom stereocenters. The third-order valence-corrected chi connectivity index (χ3v) is 4.92. The number of aromatic nitrogens is 3. The molecular weight excluding hydrogens is 323 g/mol. The highest BCUT2D eigenvalue weighted by Gasteiger charge is 2.32. The Hall–Kier alpha value is -2.44. The van der Waals surface area contributed by atoms with E-state index in [2.05, 4.69) is 14.5 Å². The van der Waals surface area contributed by atoms with Gasteiger partial charge in [0.1, 0.15) is 17.6 Å². The maximum atomic E-state index is 13.2. The average molecular weight is 344 g/mol. The van der Waals surface area contributed by atoms with Gasteiger partial charge in [-0.1, -0.05) is 6.07 Å². The fraction of sp³-hybridized carbons (Fsp3) is 0.500. The lowest BCUT2D eigenvalue weighted by molar-refractivity contribution is 0.0764. The minimum absolute atomic E-state index is 0.0305. The van der Waals surface area contributed by atoms with E-state index in [9.17, 15) is 9.18 Å². The highest BCUT2D eigenvalue weighted by Crippen LogP contribution is 2.24. The molecule has 0 aliphatic carbocycles. The Balaban J connectivity index is 1.46. The van der Waals surface area contributed by atoms with Crippen molar-refractivity contribution in [2.45, 2.75) is 45.3 Å². The van der Waals surface area contributed by atoms with Crippen LogP contribution in [-0.4, -0.2) is 44.5 Å². The molecule has 0 radical (unpaired) electrons. The third kappa shape index (κ3) is 3.10. The van der Waals surface area contributed by atoms with Crippen LogP contribution in [0.3, 0.4) is 0 Å². The number of ether oxygens (including phenoxy) is 1. The monoisotopic (exact) mass is 344 g/mol. The van der Waals surface area contributed by atoms with Crippen LogP contribution in [0, 0.1) is 12.9 Å². The fourth-order valence-electron chi connectivity index (χ4n) is 3.68. The number of pyridine rings is 1. The van der Waals surface area contributed by atoms with Crippen LogP contribution in [0.1, 0.15) is 41.3 Å². The lowest BCUT2D eigenvalue weighted by atomic mass is 10.1. The van der Waals surface area contributed by atoms with Crippen molar-refractivity contribution in [1.29, 1.82) is 0 Å². The number of hydrogen-bond donors (Lipinski definition) is 0. The van der Waals surface area contributed by atoms with Crippen LogP contribution in [0.2, 0.25) is 0 Å². The van der Waals surface area contributed by atoms with Crippen LogP contribution < -0.4 is 4.74 Å². The molecule has 1 unspecified atom stereocenters. The minimum Gasteiger partial charge on any atom is -0.472 e. The molecule has 1 fully saturated rings. The standard InChI is InChI=1S/C18H21FN4O2/c1-12-20-17(14-5-2-3-9-23(12)14)18(24)22-10-8-13(11-22)25-16-7-4-6-15(19)21-16/h4,6-7,13H,2-3,5,8-11H2,1H3. The van der Waals surface area contributed by atoms with Gasteiger partial charge in [-0.15, -0.1) is 0 Å². The number of nitrogens with zero attached hydrogens (tertiary/aromatic N) is 4. The molecule has 2 aliphatic rings. The van der Waals surface area contributed by atoms with Gasteiger partial charge in [-0.3, -0.25) is 4.79 Å². The summed E-state index contributed by atoms with van der Waals surface area (Å²) in [7, 11) is 0. The molecule has 2 aromatic heterocycles. The molecule has 1 amide bonds. The van der Waals surface area contributed by atoms with Gasteiger partial charge < -0.3 is 14.2 Å². The van der Waals surface area contributed by atoms with E-state index in [-0.39, 0.29) is 17.9 Å². The van der Waals surface area contributed by atoms with Crippen molar-refractivity contribution in [3.8, 4) is 5.88 Å². The van der Waals surface area contributed by atoms with Gasteiger partial charge in [0.15, 0.2) is 0 Å². The smallest absolute Gasteiger partial charge is 0.274 e. The summed E-state index contributed by atoms with van der Waals surface area (Å²) < 4.78 is 21.0. The Labute approximate surface area is 145 Å². The number of fused-ring (bicyclic) bond motifs is 1. The molecule has 2 aliphatic heterocycles. The van der Waals surface area contributed by atoms with Gasteiger partial charge in [0.05, 0.1) is 12.2 Å². The van der Waals surface area contributed by atoms with Crippen LogP contribution in [-0.2, 0) is 13.0 Å². The van der Waals surface area contributed by atoms with Crippen LogP contribution in [0.5, 0.6) is 5.88 Å². The molecule has 132 valence electrons. The first-order chi connectivity index (χ1) is 12.1. The van der Waals surface area contributed by atoms with Crippen LogP contribution in [0.25, 0.3) is 0 Å². The average Bonchev–Trinajstić information content (AvgIpc) is 3.20. The summed E-state index contributed by atoms with van der Waals surface area (Å²) in [5, 5.41) is 0. The maximum Gasteiger partial charge on any atom is 0.274 e. The molecule has 0 N–H and O–H groups in total. The largest absolute Gasteiger partial charge is 0.472 e. The van der Waals surface area contributed by atoms with E-state index in [0.29, 0.717) is 25.2 Å². The van der Waals surface area contributed by atoms with E-state index in [1.165, 1.54) is 6.07 Å². The van der Waals surface area contributed by atoms with E-state index < -0.39 is 5.95 Å². The fourth-order valence-corrected chi connectivity index (χ4v) is 3.68. The summed E-state index contributed by atoms with van der Waals surface area (Å²) in [5.74, 6) is 0.573. The van der Waals surface area contributed by atoms with E-state index >= 15 is 0 Å². The van der Waals surface area contributed by atoms with Crippen molar-refractivity contribution >= 4 is 5.91 Å². The summed E-state index contributed by atoms with van der Waals surface area (Å²) in [4.78, 5) is 22.9. The highest BCUT2D eigenvalue weighted by atomic mass is 19.1. The summed E-state index contributed by atoms with van der Waals surface area (Å²) in [5.41, 5.74) is 1.65. The van der Waals surface area contributed by atoms with Gasteiger partial charge in [0, 0.05) is 25.6 Å². The second-order valence-electron chi connectivity index (χ2n) is 6.64. The Morgan fingerprint density at radius 1 is 1.28 bits per heavy atom. The summed E-state index contributed by atoms with van der Waals surface area (Å²) in [6, 6.07) is 4.47. The van der Waals surface area contributed by atoms with Crippen molar-refractivity contribution < 1.29 is 13.9 Å². The number of rotatable bonds is 3. The molecule has 25 heavy (non-hydrogen) atoms. The Kier molecular flexibility index (Phi) is 4.15. The lowest BCUT2D eigenvalue weighted by Crippen LogP contribution is -2.32. The number of aryl methyl sites for hydroxylation is 1. The molecule has 4 heterocycles. The van der Waals surface area contributed by atoms with Crippen LogP contribution >= 0.6 is 0 Å². The quantitative estimate of drug-likeness (QED) is 0.802. The van der Waals surface area contributed by atoms with E-state index in [4.69, 9.17) is 4.74 Å². The van der Waals surface area contributed by atoms with E-state index in [1.54, 1.807) is 17.0 Å². The molecular formula is C18H21FN4O2. The number of carbonyl (C=O) groups excluding carboxylic acids is 1. The number of carbonyl (C=O) groups is 1. The maximum absolute atomic E-state index is 13.2. The van der Waals surface area contributed by atoms with Crippen LogP contribution in [0.4, 0.5) is 4.39 Å². The number of likely N-dealkylation sites (tertiary alicyclic amines) is 1. The number of imidazole rings is 1. The van der Waals surface area contributed by atoms with Gasteiger partial charge in [-0.25, -0.2) is 4.98 Å². The topological polar surface area (TPSA) is 60.3 Å². The van der Waals surface area contributed by atoms with Gasteiger partial charge in [-0.2, -0.15) is 9.37 Å². The van der Waals surface area contributed by atoms with Gasteiger partial charge >= 0.3 is 0 Å². The van der Waals surface area contributed by atoms with Gasteiger partial charge in [0.2, 0.25) is 11.8 Å². The highest BCUT2D eigenvalue weighted by molar-refractivity contribution is 5.94. The predicted octanol–water partition coefficient (Wildman–Crippen LogP) is 2.36. The number of amides is 1. The first-order valence-electron chi connectivity index (χ1n) is 8.76. The SMILES string of the molecule is Cc1nc(C(=O)N2CCC(Oc3cccc(F)n3)C2)c2n1CCCC2. The van der Waals surface area contributed by atoms with Gasteiger partial charge in [0.25, 0.3) is 5.91 Å². The summed E-state index contributed by atoms with van der Waals surface area (Å²) in [6.45, 7) is 3.99. The number of hydrogen-bond acceptors (Lipinski definition) is 4.